The molecule has 2 nitrogen and oxygen atoms in total. The van der Waals surface area contributed by atoms with Gasteiger partial charge in [-0.3, -0.25) is 0 Å². The smallest absolute Gasteiger partial charge is 1.00 e. The zero-order chi connectivity index (χ0) is 14.7. The molecule has 0 heterocycles. The first-order valence-electron chi connectivity index (χ1n) is 8.43. The largest absolute Gasteiger partial charge is 1.00 e. The third kappa shape index (κ3) is 9.92. The van der Waals surface area contributed by atoms with Gasteiger partial charge in [-0.25, -0.2) is 0 Å². The van der Waals surface area contributed by atoms with Gasteiger partial charge in [-0.15, -0.1) is 0 Å². The first-order valence-corrected chi connectivity index (χ1v) is 10.5. The Morgan fingerprint density at radius 2 is 1.11 bits per heavy atom. The fourth-order valence-electron chi connectivity index (χ4n) is 2.77. The Morgan fingerprint density at radius 1 is 0.789 bits per heavy atom. The van der Waals surface area contributed by atoms with Crippen LogP contribution < -0.4 is 0 Å². The van der Waals surface area contributed by atoms with Crippen LogP contribution in [0.5, 0.6) is 0 Å². The summed E-state index contributed by atoms with van der Waals surface area (Å²) >= 11 is 0.951. The molecule has 118 valence electrons. The molecule has 0 rings (SSSR count). The Labute approximate surface area is 132 Å². The molecule has 0 atom stereocenters. The minimum absolute atomic E-state index is 0. The summed E-state index contributed by atoms with van der Waals surface area (Å²) in [6, 6.07) is 0. The molecule has 0 aliphatic carbocycles. The van der Waals surface area contributed by atoms with Crippen molar-refractivity contribution in [1.82, 2.24) is 9.80 Å². The van der Waals surface area contributed by atoms with Crippen LogP contribution >= 0.6 is 0 Å². The molecule has 0 radical (unpaired) electrons. The van der Waals surface area contributed by atoms with Crippen molar-refractivity contribution in [2.75, 3.05) is 39.3 Å². The molecule has 0 N–H and O–H groups in total. The standard InChI is InChI=1S/C16H38GeN2.H/c1-6-18(7-2)14-10-12-16(5,17)13-11-15-19(8-3)9-4;/h6-15H2,1-5,17H3;/q;-1. The maximum Gasteiger partial charge on any atom is -1.00 e. The van der Waals surface area contributed by atoms with E-state index in [1.54, 1.807) is 0 Å². The zero-order valence-electron chi connectivity index (χ0n) is 15.5. The minimum atomic E-state index is 0. The maximum absolute atomic E-state index is 2.55. The number of rotatable bonds is 12. The van der Waals surface area contributed by atoms with Crippen molar-refractivity contribution in [2.24, 2.45) is 0 Å². The predicted octanol–water partition coefficient (Wildman–Crippen LogP) is 2.89. The molecular formula is C16H39GeN2-. The van der Waals surface area contributed by atoms with Crippen molar-refractivity contribution in [2.45, 2.75) is 64.5 Å². The van der Waals surface area contributed by atoms with Gasteiger partial charge in [-0.05, 0) is 0 Å². The van der Waals surface area contributed by atoms with Gasteiger partial charge in [0.1, 0.15) is 0 Å². The normalized spacial score (nSPS) is 12.8. The Morgan fingerprint density at radius 3 is 1.37 bits per heavy atom. The molecule has 0 bridgehead atoms. The fourth-order valence-corrected chi connectivity index (χ4v) is 4.25. The van der Waals surface area contributed by atoms with Crippen molar-refractivity contribution in [3.63, 3.8) is 0 Å². The summed E-state index contributed by atoms with van der Waals surface area (Å²) in [6.07, 6.45) is 5.68. The zero-order valence-corrected chi connectivity index (χ0v) is 18.7. The van der Waals surface area contributed by atoms with E-state index in [9.17, 15) is 0 Å². The second-order valence-corrected chi connectivity index (χ2v) is 11.5. The third-order valence-corrected chi connectivity index (χ3v) is 6.54. The SMILES string of the molecule is CCN(CC)CCC[C](C)([GeH3])CCCN(CC)CC.[H-]. The average Bonchev–Trinajstić information content (AvgIpc) is 2.39. The van der Waals surface area contributed by atoms with Crippen LogP contribution in [0, 0.1) is 0 Å². The van der Waals surface area contributed by atoms with Gasteiger partial charge < -0.3 is 1.43 Å². The fraction of sp³-hybridized carbons (Fsp3) is 1.00. The van der Waals surface area contributed by atoms with Crippen molar-refractivity contribution in [3.05, 3.63) is 0 Å². The first-order chi connectivity index (χ1) is 8.99. The molecule has 19 heavy (non-hydrogen) atoms. The molecule has 0 aromatic rings. The molecule has 0 aromatic carbocycles. The molecule has 0 aromatic heterocycles. The summed E-state index contributed by atoms with van der Waals surface area (Å²) in [4.78, 5) is 5.11. The number of nitrogens with zero attached hydrogens (tertiary/aromatic N) is 2. The van der Waals surface area contributed by atoms with Crippen molar-refractivity contribution >= 4 is 16.5 Å². The van der Waals surface area contributed by atoms with Gasteiger partial charge in [-0.2, -0.15) is 0 Å². The van der Waals surface area contributed by atoms with E-state index in [1.807, 2.05) is 0 Å². The van der Waals surface area contributed by atoms with Crippen molar-refractivity contribution in [1.29, 1.82) is 0 Å². The average molecular weight is 332 g/mol. The van der Waals surface area contributed by atoms with Gasteiger partial charge in [-0.1, -0.05) is 0 Å². The van der Waals surface area contributed by atoms with E-state index in [-0.39, 0.29) is 1.43 Å². The predicted molar refractivity (Wildman–Crippen MR) is 93.5 cm³/mol. The molecule has 0 unspecified atom stereocenters. The summed E-state index contributed by atoms with van der Waals surface area (Å²) in [5.41, 5.74) is 0. The second-order valence-electron chi connectivity index (χ2n) is 6.43. The topological polar surface area (TPSA) is 6.48 Å². The van der Waals surface area contributed by atoms with Crippen LogP contribution in [0.25, 0.3) is 0 Å². The maximum atomic E-state index is 2.55. The van der Waals surface area contributed by atoms with Crippen LogP contribution in [0.3, 0.4) is 0 Å². The number of hydrogen-bond donors (Lipinski definition) is 0. The van der Waals surface area contributed by atoms with Crippen molar-refractivity contribution in [3.8, 4) is 0 Å². The molecule has 0 aliphatic heterocycles. The third-order valence-electron chi connectivity index (χ3n) is 4.44. The quantitative estimate of drug-likeness (QED) is 0.507. The Bertz CT molecular complexity index is 185. The monoisotopic (exact) mass is 333 g/mol. The summed E-state index contributed by atoms with van der Waals surface area (Å²) in [5, 5.41) is 0. The number of hydrogen-bond acceptors (Lipinski definition) is 2. The first kappa shape index (κ1) is 19.5. The van der Waals surface area contributed by atoms with Gasteiger partial charge in [0.2, 0.25) is 0 Å². The van der Waals surface area contributed by atoms with Gasteiger partial charge in [0.15, 0.2) is 0 Å². The van der Waals surface area contributed by atoms with Gasteiger partial charge >= 0.3 is 130 Å². The van der Waals surface area contributed by atoms with E-state index in [4.69, 9.17) is 0 Å². The summed E-state index contributed by atoms with van der Waals surface area (Å²) in [6.45, 7) is 19.1. The molecule has 0 spiro atoms. The Hall–Kier alpha value is 0.463. The Balaban J connectivity index is 0. The van der Waals surface area contributed by atoms with Gasteiger partial charge in [0, 0.05) is 0 Å². The van der Waals surface area contributed by atoms with E-state index >= 15 is 0 Å². The van der Waals surface area contributed by atoms with E-state index in [0.29, 0.717) is 4.25 Å². The molecule has 0 fully saturated rings. The molecular weight excluding hydrogens is 293 g/mol. The molecule has 0 aliphatic rings. The van der Waals surface area contributed by atoms with E-state index in [0.717, 1.165) is 16.5 Å². The summed E-state index contributed by atoms with van der Waals surface area (Å²) < 4.78 is 0.702. The van der Waals surface area contributed by atoms with Crippen LogP contribution in [-0.4, -0.2) is 65.6 Å². The van der Waals surface area contributed by atoms with E-state index in [1.165, 1.54) is 65.0 Å². The van der Waals surface area contributed by atoms with Crippen LogP contribution in [0.15, 0.2) is 0 Å². The second kappa shape index (κ2) is 11.2. The van der Waals surface area contributed by atoms with E-state index < -0.39 is 0 Å². The summed E-state index contributed by atoms with van der Waals surface area (Å²) in [7, 11) is 0. The molecule has 0 saturated carbocycles. The van der Waals surface area contributed by atoms with Crippen LogP contribution in [0.2, 0.25) is 4.25 Å². The van der Waals surface area contributed by atoms with Crippen LogP contribution in [-0.2, 0) is 0 Å². The van der Waals surface area contributed by atoms with Crippen LogP contribution in [0.1, 0.15) is 61.7 Å². The van der Waals surface area contributed by atoms with E-state index in [2.05, 4.69) is 44.4 Å². The van der Waals surface area contributed by atoms with Gasteiger partial charge in [0.25, 0.3) is 0 Å². The Kier molecular flexibility index (Phi) is 11.4. The summed E-state index contributed by atoms with van der Waals surface area (Å²) in [5.74, 6) is 0. The minimum Gasteiger partial charge on any atom is -1.00 e. The van der Waals surface area contributed by atoms with Gasteiger partial charge in [0.05, 0.1) is 0 Å². The van der Waals surface area contributed by atoms with Crippen LogP contribution in [0.4, 0.5) is 0 Å². The molecule has 0 amide bonds. The molecule has 3 heteroatoms. The van der Waals surface area contributed by atoms with Crippen molar-refractivity contribution < 1.29 is 1.43 Å². The molecule has 0 saturated heterocycles.